The fourth-order valence-electron chi connectivity index (χ4n) is 3.58. The van der Waals surface area contributed by atoms with E-state index in [0.717, 1.165) is 40.6 Å². The lowest BCUT2D eigenvalue weighted by Crippen LogP contribution is -3.08. The lowest BCUT2D eigenvalue weighted by atomic mass is 10.1. The van der Waals surface area contributed by atoms with Crippen molar-refractivity contribution in [1.29, 1.82) is 0 Å². The van der Waals surface area contributed by atoms with Crippen molar-refractivity contribution in [3.63, 3.8) is 0 Å². The van der Waals surface area contributed by atoms with Crippen LogP contribution in [0.3, 0.4) is 0 Å². The lowest BCUT2D eigenvalue weighted by molar-refractivity contribution is -0.934. The number of non-ortho nitro benzene ring substituents is 1. The molecular weight excluding hydrogens is 392 g/mol. The summed E-state index contributed by atoms with van der Waals surface area (Å²) in [5.41, 5.74) is 4.89. The molecule has 1 aliphatic heterocycles. The third-order valence-corrected chi connectivity index (χ3v) is 5.39. The summed E-state index contributed by atoms with van der Waals surface area (Å²) in [6.07, 6.45) is -0.364. The number of fused-ring (bicyclic) bond motifs is 1. The number of anilines is 1. The van der Waals surface area contributed by atoms with Gasteiger partial charge < -0.3 is 17.3 Å². The van der Waals surface area contributed by atoms with Crippen molar-refractivity contribution in [1.82, 2.24) is 5.01 Å². The summed E-state index contributed by atoms with van der Waals surface area (Å²) < 4.78 is 0. The van der Waals surface area contributed by atoms with Crippen LogP contribution in [0.2, 0.25) is 0 Å². The molecule has 2 unspecified atom stereocenters. The number of halogens is 1. The largest absolute Gasteiger partial charge is 1.00 e. The minimum atomic E-state index is -0.377. The van der Waals surface area contributed by atoms with E-state index in [-0.39, 0.29) is 29.2 Å². The van der Waals surface area contributed by atoms with E-state index in [0.29, 0.717) is 0 Å². The van der Waals surface area contributed by atoms with Crippen molar-refractivity contribution in [2.45, 2.75) is 26.9 Å². The number of nitro benzene ring substituents is 1. The molecule has 1 aliphatic rings. The van der Waals surface area contributed by atoms with E-state index in [1.165, 1.54) is 11.8 Å². The maximum absolute atomic E-state index is 11.2. The highest BCUT2D eigenvalue weighted by Gasteiger charge is 2.38. The van der Waals surface area contributed by atoms with Crippen molar-refractivity contribution in [3.05, 3.63) is 57.6 Å². The van der Waals surface area contributed by atoms with Gasteiger partial charge in [0, 0.05) is 44.0 Å². The highest BCUT2D eigenvalue weighted by atomic mass is 35.5. The second-order valence-corrected chi connectivity index (χ2v) is 6.96. The van der Waals surface area contributed by atoms with Gasteiger partial charge in [-0.25, -0.2) is 5.01 Å². The zero-order valence-corrected chi connectivity index (χ0v) is 18.1. The van der Waals surface area contributed by atoms with E-state index in [4.69, 9.17) is 0 Å². The highest BCUT2D eigenvalue weighted by Crippen LogP contribution is 2.34. The molecule has 9 heteroatoms. The van der Waals surface area contributed by atoms with Crippen LogP contribution < -0.4 is 22.3 Å². The summed E-state index contributed by atoms with van der Waals surface area (Å²) in [6, 6.07) is 11.1. The van der Waals surface area contributed by atoms with Gasteiger partial charge in [-0.15, -0.1) is 5.01 Å². The van der Waals surface area contributed by atoms with Gasteiger partial charge in [0.05, 0.1) is 23.2 Å². The number of aryl methyl sites for hydroxylation is 1. The maximum Gasteiger partial charge on any atom is 0.270 e. The zero-order chi connectivity index (χ0) is 20.4. The first-order valence-corrected chi connectivity index (χ1v) is 9.48. The third kappa shape index (κ3) is 4.39. The predicted octanol–water partition coefficient (Wildman–Crippen LogP) is 0.543. The smallest absolute Gasteiger partial charge is 0.270 e. The SMILES string of the molecule is CCN(CC)c1ccc(N=NC2c3cc([N+](=O)[O-])ccc3[NH+](C)N2C)c(C)c1.[Cl-]. The number of rotatable bonds is 6. The number of benzene rings is 2. The molecule has 0 aliphatic carbocycles. The fourth-order valence-corrected chi connectivity index (χ4v) is 3.58. The molecule has 0 fully saturated rings. The van der Waals surface area contributed by atoms with Crippen LogP contribution in [0, 0.1) is 17.0 Å². The highest BCUT2D eigenvalue weighted by molar-refractivity contribution is 5.57. The number of hydrogen-bond acceptors (Lipinski definition) is 6. The molecule has 0 radical (unpaired) electrons. The standard InChI is InChI=1S/C20H26N6O2.ClH/c1-6-25(7-2)15-8-10-18(14(3)12-15)21-22-20-17-13-16(26(27)28)9-11-19(17)23(4)24(20)5;/h8-13,20H,6-7H2,1-5H3;1H. The van der Waals surface area contributed by atoms with E-state index < -0.39 is 0 Å². The second kappa shape index (κ2) is 9.30. The molecule has 29 heavy (non-hydrogen) atoms. The lowest BCUT2D eigenvalue weighted by Gasteiger charge is -2.21. The van der Waals surface area contributed by atoms with Gasteiger partial charge in [-0.1, -0.05) is 0 Å². The Kier molecular flexibility index (Phi) is 7.29. The monoisotopic (exact) mass is 418 g/mol. The Morgan fingerprint density at radius 2 is 1.90 bits per heavy atom. The van der Waals surface area contributed by atoms with Crippen molar-refractivity contribution in [2.24, 2.45) is 10.2 Å². The molecule has 0 bridgehead atoms. The molecule has 0 aromatic heterocycles. The molecule has 0 saturated heterocycles. The minimum absolute atomic E-state index is 0. The maximum atomic E-state index is 11.2. The van der Waals surface area contributed by atoms with Crippen molar-refractivity contribution in [2.75, 3.05) is 32.1 Å². The average molecular weight is 419 g/mol. The first kappa shape index (κ1) is 22.7. The molecule has 156 valence electrons. The van der Waals surface area contributed by atoms with Crippen molar-refractivity contribution in [3.8, 4) is 0 Å². The predicted molar refractivity (Wildman–Crippen MR) is 109 cm³/mol. The van der Waals surface area contributed by atoms with E-state index in [9.17, 15) is 10.1 Å². The number of quaternary nitrogens is 1. The van der Waals surface area contributed by atoms with Crippen LogP contribution >= 0.6 is 0 Å². The van der Waals surface area contributed by atoms with Crippen LogP contribution in [0.25, 0.3) is 0 Å². The van der Waals surface area contributed by atoms with Gasteiger partial charge in [-0.05, 0) is 44.5 Å². The minimum Gasteiger partial charge on any atom is -1.00 e. The molecule has 1 heterocycles. The number of nitrogens with zero attached hydrogens (tertiary/aromatic N) is 5. The molecule has 1 N–H and O–H groups in total. The molecular formula is C20H27ClN6O2. The molecule has 2 atom stereocenters. The molecule has 8 nitrogen and oxygen atoms in total. The Bertz CT molecular complexity index is 916. The zero-order valence-electron chi connectivity index (χ0n) is 17.4. The summed E-state index contributed by atoms with van der Waals surface area (Å²) in [5.74, 6) is 0. The van der Waals surface area contributed by atoms with Crippen LogP contribution in [-0.4, -0.2) is 37.1 Å². The average Bonchev–Trinajstić information content (AvgIpc) is 2.92. The van der Waals surface area contributed by atoms with Crippen LogP contribution in [0.1, 0.15) is 31.1 Å². The van der Waals surface area contributed by atoms with E-state index >= 15 is 0 Å². The second-order valence-electron chi connectivity index (χ2n) is 6.96. The van der Waals surface area contributed by atoms with Gasteiger partial charge in [0.15, 0.2) is 11.9 Å². The van der Waals surface area contributed by atoms with Gasteiger partial charge in [-0.3, -0.25) is 10.1 Å². The number of azo groups is 1. The molecule has 0 spiro atoms. The van der Waals surface area contributed by atoms with E-state index in [1.54, 1.807) is 12.1 Å². The van der Waals surface area contributed by atoms with Gasteiger partial charge in [0.25, 0.3) is 5.69 Å². The van der Waals surface area contributed by atoms with Crippen LogP contribution in [0.5, 0.6) is 0 Å². The Morgan fingerprint density at radius 3 is 2.48 bits per heavy atom. The van der Waals surface area contributed by atoms with Gasteiger partial charge in [-0.2, -0.15) is 10.2 Å². The van der Waals surface area contributed by atoms with Crippen LogP contribution in [-0.2, 0) is 0 Å². The Balaban J connectivity index is 0.00000300. The molecule has 0 amide bonds. The Labute approximate surface area is 177 Å². The third-order valence-electron chi connectivity index (χ3n) is 5.39. The van der Waals surface area contributed by atoms with Crippen LogP contribution in [0.4, 0.5) is 22.7 Å². The van der Waals surface area contributed by atoms with Gasteiger partial charge in [0.2, 0.25) is 0 Å². The summed E-state index contributed by atoms with van der Waals surface area (Å²) in [6.45, 7) is 8.20. The normalized spacial score (nSPS) is 18.5. The Morgan fingerprint density at radius 1 is 1.21 bits per heavy atom. The summed E-state index contributed by atoms with van der Waals surface area (Å²) in [5, 5.41) is 23.2. The summed E-state index contributed by atoms with van der Waals surface area (Å²) >= 11 is 0. The molecule has 2 aromatic carbocycles. The van der Waals surface area contributed by atoms with E-state index in [2.05, 4.69) is 41.1 Å². The first-order valence-electron chi connectivity index (χ1n) is 9.48. The summed E-state index contributed by atoms with van der Waals surface area (Å²) in [4.78, 5) is 13.1. The topological polar surface area (TPSA) is 78.8 Å². The number of nitrogens with one attached hydrogen (secondary N) is 1. The number of hydrogen-bond donors (Lipinski definition) is 1. The first-order chi connectivity index (χ1) is 13.4. The molecule has 2 aromatic rings. The number of nitro groups is 1. The van der Waals surface area contributed by atoms with E-state index in [1.807, 2.05) is 32.1 Å². The molecule has 0 saturated carbocycles. The summed E-state index contributed by atoms with van der Waals surface area (Å²) in [7, 11) is 3.92. The molecule has 3 rings (SSSR count). The van der Waals surface area contributed by atoms with Gasteiger partial charge in [0.1, 0.15) is 0 Å². The fraction of sp³-hybridized carbons (Fsp3) is 0.400. The Hall–Kier alpha value is -2.55. The van der Waals surface area contributed by atoms with Crippen molar-refractivity contribution >= 4 is 22.7 Å². The van der Waals surface area contributed by atoms with Crippen LogP contribution in [0.15, 0.2) is 46.6 Å². The van der Waals surface area contributed by atoms with Crippen molar-refractivity contribution < 1.29 is 22.3 Å². The quantitative estimate of drug-likeness (QED) is 0.422. The van der Waals surface area contributed by atoms with Gasteiger partial charge >= 0.3 is 0 Å².